The van der Waals surface area contributed by atoms with E-state index in [9.17, 15) is 18.0 Å². The molecule has 2 N–H and O–H groups in total. The highest BCUT2D eigenvalue weighted by Crippen LogP contribution is 2.34. The van der Waals surface area contributed by atoms with Crippen LogP contribution < -0.4 is 10.0 Å². The van der Waals surface area contributed by atoms with E-state index in [2.05, 4.69) is 0 Å². The van der Waals surface area contributed by atoms with Crippen LogP contribution in [0.4, 0.5) is 5.69 Å². The number of sulfonamides is 1. The second kappa shape index (κ2) is 5.60. The van der Waals surface area contributed by atoms with E-state index in [0.29, 0.717) is 12.1 Å². The van der Waals surface area contributed by atoms with Crippen LogP contribution in [0.3, 0.4) is 0 Å². The van der Waals surface area contributed by atoms with Gasteiger partial charge in [-0.25, -0.2) is 13.2 Å². The summed E-state index contributed by atoms with van der Waals surface area (Å²) in [4.78, 5) is 22.9. The van der Waals surface area contributed by atoms with Gasteiger partial charge in [0.1, 0.15) is 0 Å². The van der Waals surface area contributed by atoms with E-state index in [-0.39, 0.29) is 11.6 Å². The Hall–Kier alpha value is -2.09. The number of nitrogens with two attached hydrogens (primary N) is 1. The van der Waals surface area contributed by atoms with Gasteiger partial charge in [0, 0.05) is 6.04 Å². The Morgan fingerprint density at radius 1 is 1.41 bits per heavy atom. The predicted octanol–water partition coefficient (Wildman–Crippen LogP) is 0.428. The molecule has 120 valence electrons. The first-order chi connectivity index (χ1) is 10.1. The first kappa shape index (κ1) is 16.3. The number of primary amides is 1. The van der Waals surface area contributed by atoms with E-state index in [4.69, 9.17) is 10.5 Å². The van der Waals surface area contributed by atoms with Crippen molar-refractivity contribution in [1.82, 2.24) is 0 Å². The summed E-state index contributed by atoms with van der Waals surface area (Å²) in [5.74, 6) is -1.40. The van der Waals surface area contributed by atoms with E-state index in [1.54, 1.807) is 19.1 Å². The summed E-state index contributed by atoms with van der Waals surface area (Å²) >= 11 is 0. The highest BCUT2D eigenvalue weighted by Gasteiger charge is 2.33. The molecule has 2 atom stereocenters. The highest BCUT2D eigenvalue weighted by atomic mass is 32.2. The van der Waals surface area contributed by atoms with E-state index in [0.717, 1.165) is 11.8 Å². The number of amides is 1. The van der Waals surface area contributed by atoms with Crippen molar-refractivity contribution >= 4 is 27.6 Å². The molecule has 0 aromatic heterocycles. The van der Waals surface area contributed by atoms with Gasteiger partial charge in [-0.15, -0.1) is 0 Å². The summed E-state index contributed by atoms with van der Waals surface area (Å²) in [6.45, 7) is 3.19. The highest BCUT2D eigenvalue weighted by molar-refractivity contribution is 7.92. The van der Waals surface area contributed by atoms with Gasteiger partial charge in [0.25, 0.3) is 5.91 Å². The van der Waals surface area contributed by atoms with Gasteiger partial charge in [-0.05, 0) is 44.0 Å². The summed E-state index contributed by atoms with van der Waals surface area (Å²) in [5.41, 5.74) is 6.62. The Kier molecular flexibility index (Phi) is 4.15. The van der Waals surface area contributed by atoms with Gasteiger partial charge in [0.05, 0.1) is 17.5 Å². The number of nitrogens with zero attached hydrogens (tertiary/aromatic N) is 1. The minimum Gasteiger partial charge on any atom is -0.449 e. The van der Waals surface area contributed by atoms with Crippen LogP contribution in [0.15, 0.2) is 18.2 Å². The summed E-state index contributed by atoms with van der Waals surface area (Å²) in [6, 6.07) is 4.43. The standard InChI is InChI=1S/C14H18N2O5S/c1-8-6-11-7-10(14(18)21-9(2)13(15)17)4-5-12(11)16(8)22(3,19)20/h4-5,7-9H,6H2,1-3H3,(H2,15,17)/t8-,9-/m1/s1. The molecule has 0 fully saturated rings. The second-order valence-corrected chi connectivity index (χ2v) is 7.26. The summed E-state index contributed by atoms with van der Waals surface area (Å²) in [5, 5.41) is 0. The van der Waals surface area contributed by atoms with Crippen LogP contribution in [0, 0.1) is 0 Å². The van der Waals surface area contributed by atoms with Gasteiger partial charge in [0.2, 0.25) is 10.0 Å². The molecule has 0 saturated heterocycles. The number of hydrogen-bond acceptors (Lipinski definition) is 5. The molecule has 1 aromatic carbocycles. The van der Waals surface area contributed by atoms with Crippen LogP contribution in [0.2, 0.25) is 0 Å². The molecule has 7 nitrogen and oxygen atoms in total. The number of carbonyl (C=O) groups excluding carboxylic acids is 2. The molecule has 22 heavy (non-hydrogen) atoms. The fraction of sp³-hybridized carbons (Fsp3) is 0.429. The Labute approximate surface area is 129 Å². The molecule has 0 saturated carbocycles. The van der Waals surface area contributed by atoms with Gasteiger partial charge in [-0.3, -0.25) is 9.10 Å². The quantitative estimate of drug-likeness (QED) is 0.807. The number of fused-ring (bicyclic) bond motifs is 1. The lowest BCUT2D eigenvalue weighted by molar-refractivity contribution is -0.125. The minimum absolute atomic E-state index is 0.208. The molecule has 1 aliphatic rings. The van der Waals surface area contributed by atoms with Crippen molar-refractivity contribution in [2.45, 2.75) is 32.4 Å². The molecular formula is C14H18N2O5S. The predicted molar refractivity (Wildman–Crippen MR) is 81.0 cm³/mol. The molecule has 0 radical (unpaired) electrons. The Morgan fingerprint density at radius 2 is 2.05 bits per heavy atom. The van der Waals surface area contributed by atoms with E-state index in [1.807, 2.05) is 0 Å². The molecule has 0 unspecified atom stereocenters. The molecule has 1 heterocycles. The molecule has 0 aliphatic carbocycles. The fourth-order valence-electron chi connectivity index (χ4n) is 2.52. The Bertz CT molecular complexity index is 729. The third kappa shape index (κ3) is 3.06. The van der Waals surface area contributed by atoms with Crippen LogP contribution in [-0.2, 0) is 26.0 Å². The van der Waals surface area contributed by atoms with E-state index < -0.39 is 28.0 Å². The van der Waals surface area contributed by atoms with Crippen LogP contribution in [0.5, 0.6) is 0 Å². The zero-order chi connectivity index (χ0) is 16.7. The number of hydrogen-bond donors (Lipinski definition) is 1. The van der Waals surface area contributed by atoms with Crippen molar-refractivity contribution in [3.63, 3.8) is 0 Å². The van der Waals surface area contributed by atoms with E-state index >= 15 is 0 Å². The summed E-state index contributed by atoms with van der Waals surface area (Å²) in [7, 11) is -3.37. The maximum atomic E-state index is 12.0. The molecule has 1 amide bonds. The minimum atomic E-state index is -3.37. The largest absolute Gasteiger partial charge is 0.449 e. The van der Waals surface area contributed by atoms with Gasteiger partial charge >= 0.3 is 5.97 Å². The maximum absolute atomic E-state index is 12.0. The number of anilines is 1. The number of rotatable bonds is 4. The third-order valence-electron chi connectivity index (χ3n) is 3.51. The normalized spacial score (nSPS) is 18.7. The second-order valence-electron chi connectivity index (χ2n) is 5.41. The number of ether oxygens (including phenoxy) is 1. The first-order valence-corrected chi connectivity index (χ1v) is 8.58. The van der Waals surface area contributed by atoms with Crippen LogP contribution in [0.1, 0.15) is 29.8 Å². The monoisotopic (exact) mass is 326 g/mol. The molecule has 0 bridgehead atoms. The average Bonchev–Trinajstić information content (AvgIpc) is 2.72. The summed E-state index contributed by atoms with van der Waals surface area (Å²) in [6.07, 6.45) is 0.636. The average molecular weight is 326 g/mol. The molecule has 2 rings (SSSR count). The molecular weight excluding hydrogens is 308 g/mol. The zero-order valence-corrected chi connectivity index (χ0v) is 13.4. The van der Waals surface area contributed by atoms with Crippen LogP contribution in [-0.4, -0.2) is 38.7 Å². The van der Waals surface area contributed by atoms with Crippen LogP contribution >= 0.6 is 0 Å². The molecule has 1 aliphatic heterocycles. The van der Waals surface area contributed by atoms with Crippen molar-refractivity contribution in [3.8, 4) is 0 Å². The SMILES string of the molecule is C[C@@H]1Cc2cc(C(=O)O[C@H](C)C(N)=O)ccc2N1S(C)(=O)=O. The van der Waals surface area contributed by atoms with Gasteiger partial charge in [0.15, 0.2) is 6.10 Å². The van der Waals surface area contributed by atoms with Crippen molar-refractivity contribution in [1.29, 1.82) is 0 Å². The number of esters is 1. The Morgan fingerprint density at radius 3 is 2.59 bits per heavy atom. The molecule has 1 aromatic rings. The topological polar surface area (TPSA) is 107 Å². The fourth-order valence-corrected chi connectivity index (χ4v) is 3.79. The number of benzene rings is 1. The van der Waals surface area contributed by atoms with E-state index in [1.165, 1.54) is 17.3 Å². The smallest absolute Gasteiger partial charge is 0.338 e. The van der Waals surface area contributed by atoms with Crippen molar-refractivity contribution < 1.29 is 22.7 Å². The zero-order valence-electron chi connectivity index (χ0n) is 12.6. The van der Waals surface area contributed by atoms with Crippen molar-refractivity contribution in [2.24, 2.45) is 5.73 Å². The Balaban J connectivity index is 2.29. The van der Waals surface area contributed by atoms with Crippen molar-refractivity contribution in [3.05, 3.63) is 29.3 Å². The maximum Gasteiger partial charge on any atom is 0.338 e. The lowest BCUT2D eigenvalue weighted by Crippen LogP contribution is -2.34. The lowest BCUT2D eigenvalue weighted by Gasteiger charge is -2.21. The number of carbonyl (C=O) groups is 2. The molecule has 0 spiro atoms. The van der Waals surface area contributed by atoms with Gasteiger partial charge in [-0.2, -0.15) is 0 Å². The van der Waals surface area contributed by atoms with Crippen LogP contribution in [0.25, 0.3) is 0 Å². The van der Waals surface area contributed by atoms with Gasteiger partial charge < -0.3 is 10.5 Å². The molecule has 8 heteroatoms. The first-order valence-electron chi connectivity index (χ1n) is 6.74. The summed E-state index contributed by atoms with van der Waals surface area (Å²) < 4.78 is 29.9. The van der Waals surface area contributed by atoms with Crippen molar-refractivity contribution in [2.75, 3.05) is 10.6 Å². The lowest BCUT2D eigenvalue weighted by atomic mass is 10.1. The third-order valence-corrected chi connectivity index (χ3v) is 4.78. The van der Waals surface area contributed by atoms with Gasteiger partial charge in [-0.1, -0.05) is 0 Å².